The van der Waals surface area contributed by atoms with Crippen molar-refractivity contribution in [1.29, 1.82) is 0 Å². The summed E-state index contributed by atoms with van der Waals surface area (Å²) in [7, 11) is 0. The summed E-state index contributed by atoms with van der Waals surface area (Å²) in [4.78, 5) is 24.1. The summed E-state index contributed by atoms with van der Waals surface area (Å²) in [5, 5.41) is 10.2. The van der Waals surface area contributed by atoms with Gasteiger partial charge in [0.1, 0.15) is 5.82 Å². The number of nitrogens with one attached hydrogen (secondary N) is 2. The van der Waals surface area contributed by atoms with E-state index in [1.807, 2.05) is 43.5 Å². The molecule has 154 valence electrons. The van der Waals surface area contributed by atoms with Gasteiger partial charge in [0.2, 0.25) is 11.8 Å². The van der Waals surface area contributed by atoms with E-state index >= 15 is 0 Å². The molecular formula is C23H23FN4O2. The first-order valence-electron chi connectivity index (χ1n) is 9.95. The van der Waals surface area contributed by atoms with Gasteiger partial charge in [-0.15, -0.1) is 0 Å². The summed E-state index contributed by atoms with van der Waals surface area (Å²) in [6, 6.07) is 15.7. The lowest BCUT2D eigenvalue weighted by molar-refractivity contribution is -0.127. The van der Waals surface area contributed by atoms with Gasteiger partial charge in [-0.25, -0.2) is 9.07 Å². The average Bonchev–Trinajstić information content (AvgIpc) is 3.34. The number of para-hydroxylation sites is 1. The van der Waals surface area contributed by atoms with Gasteiger partial charge in [0.15, 0.2) is 0 Å². The maximum absolute atomic E-state index is 13.3. The molecule has 1 fully saturated rings. The highest BCUT2D eigenvalue weighted by Crippen LogP contribution is 2.37. The monoisotopic (exact) mass is 406 g/mol. The van der Waals surface area contributed by atoms with Gasteiger partial charge in [-0.05, 0) is 48.7 Å². The number of nitrogens with zero attached hydrogens (tertiary/aromatic N) is 2. The van der Waals surface area contributed by atoms with Crippen molar-refractivity contribution in [2.75, 3.05) is 6.54 Å². The van der Waals surface area contributed by atoms with Crippen LogP contribution >= 0.6 is 0 Å². The lowest BCUT2D eigenvalue weighted by Crippen LogP contribution is -2.37. The number of benzene rings is 2. The summed E-state index contributed by atoms with van der Waals surface area (Å²) in [5.41, 5.74) is 3.09. The van der Waals surface area contributed by atoms with E-state index in [1.54, 1.807) is 16.8 Å². The van der Waals surface area contributed by atoms with Gasteiger partial charge >= 0.3 is 0 Å². The number of hydrogen-bond donors (Lipinski definition) is 2. The van der Waals surface area contributed by atoms with Gasteiger partial charge in [-0.2, -0.15) is 5.10 Å². The van der Waals surface area contributed by atoms with Crippen LogP contribution in [0.2, 0.25) is 0 Å². The molecule has 7 heteroatoms. The second kappa shape index (κ2) is 8.49. The maximum atomic E-state index is 13.3. The molecule has 3 aromatic rings. The lowest BCUT2D eigenvalue weighted by atomic mass is 10.1. The second-order valence-electron chi connectivity index (χ2n) is 7.60. The first kappa shape index (κ1) is 19.8. The maximum Gasteiger partial charge on any atom is 0.239 e. The van der Waals surface area contributed by atoms with Crippen LogP contribution in [0.1, 0.15) is 18.9 Å². The molecule has 6 nitrogen and oxygen atoms in total. The number of hydrogen-bond acceptors (Lipinski definition) is 3. The quantitative estimate of drug-likeness (QED) is 0.633. The fraction of sp³-hybridized carbons (Fsp3) is 0.261. The number of carbonyl (C=O) groups excluding carboxylic acids is 2. The summed E-state index contributed by atoms with van der Waals surface area (Å²) < 4.78 is 15.1. The van der Waals surface area contributed by atoms with Gasteiger partial charge in [0.05, 0.1) is 17.9 Å². The summed E-state index contributed by atoms with van der Waals surface area (Å²) >= 11 is 0. The Morgan fingerprint density at radius 2 is 1.80 bits per heavy atom. The fourth-order valence-corrected chi connectivity index (χ4v) is 3.35. The number of amides is 2. The van der Waals surface area contributed by atoms with Gasteiger partial charge in [0.25, 0.3) is 0 Å². The Labute approximate surface area is 174 Å². The van der Waals surface area contributed by atoms with Crippen molar-refractivity contribution in [1.82, 2.24) is 20.4 Å². The molecule has 0 unspecified atom stereocenters. The molecular weight excluding hydrogens is 383 g/mol. The Balaban J connectivity index is 1.48. The number of carbonyl (C=O) groups is 2. The molecule has 1 aliphatic carbocycles. The summed E-state index contributed by atoms with van der Waals surface area (Å²) in [6.45, 7) is 2.21. The molecule has 0 spiro atoms. The topological polar surface area (TPSA) is 76.0 Å². The van der Waals surface area contributed by atoms with E-state index in [9.17, 15) is 14.0 Å². The molecule has 2 aromatic carbocycles. The smallest absolute Gasteiger partial charge is 0.239 e. The van der Waals surface area contributed by atoms with E-state index in [1.165, 1.54) is 12.1 Å². The number of halogens is 1. The highest BCUT2D eigenvalue weighted by Gasteiger charge is 2.38. The third kappa shape index (κ3) is 4.56. The molecule has 4 rings (SSSR count). The van der Waals surface area contributed by atoms with Crippen molar-refractivity contribution < 1.29 is 14.0 Å². The van der Waals surface area contributed by atoms with Crippen LogP contribution < -0.4 is 10.6 Å². The van der Waals surface area contributed by atoms with Gasteiger partial charge in [0, 0.05) is 29.8 Å². The Kier molecular flexibility index (Phi) is 5.61. The van der Waals surface area contributed by atoms with E-state index < -0.39 is 0 Å². The molecule has 30 heavy (non-hydrogen) atoms. The van der Waals surface area contributed by atoms with Crippen molar-refractivity contribution in [3.05, 3.63) is 72.2 Å². The molecule has 1 saturated carbocycles. The Morgan fingerprint density at radius 3 is 2.47 bits per heavy atom. The zero-order valence-corrected chi connectivity index (χ0v) is 16.6. The molecule has 0 bridgehead atoms. The molecule has 0 radical (unpaired) electrons. The zero-order chi connectivity index (χ0) is 21.1. The van der Waals surface area contributed by atoms with Crippen LogP contribution in [0.15, 0.2) is 60.8 Å². The standard InChI is InChI=1S/C23H23FN4O2/c1-15-11-20(15)23(30)26-13-21(29)25-12-17-14-28(19-5-3-2-4-6-19)27-22(17)16-7-9-18(24)10-8-16/h2-10,14-15,20H,11-13H2,1H3,(H,25,29)(H,26,30)/t15-,20-/m0/s1. The molecule has 0 saturated heterocycles. The van der Waals surface area contributed by atoms with Crippen molar-refractivity contribution >= 4 is 11.8 Å². The normalized spacial score (nSPS) is 17.4. The first-order chi connectivity index (χ1) is 14.5. The molecule has 1 aliphatic rings. The van der Waals surface area contributed by atoms with Crippen LogP contribution in [0.5, 0.6) is 0 Å². The van der Waals surface area contributed by atoms with Gasteiger partial charge in [-0.3, -0.25) is 9.59 Å². The van der Waals surface area contributed by atoms with Crippen LogP contribution in [0.25, 0.3) is 16.9 Å². The minimum absolute atomic E-state index is 0.0342. The Morgan fingerprint density at radius 1 is 1.10 bits per heavy atom. The van der Waals surface area contributed by atoms with Crippen molar-refractivity contribution in [3.8, 4) is 16.9 Å². The summed E-state index contributed by atoms with van der Waals surface area (Å²) in [6.07, 6.45) is 2.73. The highest BCUT2D eigenvalue weighted by atomic mass is 19.1. The minimum atomic E-state index is -0.322. The van der Waals surface area contributed by atoms with Crippen LogP contribution in [0.4, 0.5) is 4.39 Å². The van der Waals surface area contributed by atoms with Crippen molar-refractivity contribution in [2.45, 2.75) is 19.9 Å². The summed E-state index contributed by atoms with van der Waals surface area (Å²) in [5.74, 6) is -0.227. The van der Waals surface area contributed by atoms with E-state index in [0.717, 1.165) is 23.2 Å². The van der Waals surface area contributed by atoms with Gasteiger partial charge in [-0.1, -0.05) is 25.1 Å². The lowest BCUT2D eigenvalue weighted by Gasteiger charge is -2.07. The van der Waals surface area contributed by atoms with E-state index in [0.29, 0.717) is 11.6 Å². The molecule has 0 aliphatic heterocycles. The molecule has 2 atom stereocenters. The first-order valence-corrected chi connectivity index (χ1v) is 9.95. The zero-order valence-electron chi connectivity index (χ0n) is 16.6. The average molecular weight is 406 g/mol. The number of aromatic nitrogens is 2. The van der Waals surface area contributed by atoms with E-state index in [2.05, 4.69) is 15.7 Å². The molecule has 2 amide bonds. The largest absolute Gasteiger partial charge is 0.350 e. The number of rotatable bonds is 7. The second-order valence-corrected chi connectivity index (χ2v) is 7.60. The third-order valence-electron chi connectivity index (χ3n) is 5.27. The van der Waals surface area contributed by atoms with Crippen molar-refractivity contribution in [3.63, 3.8) is 0 Å². The Bertz CT molecular complexity index is 1050. The van der Waals surface area contributed by atoms with Crippen LogP contribution in [0.3, 0.4) is 0 Å². The minimum Gasteiger partial charge on any atom is -0.350 e. The molecule has 1 aromatic heterocycles. The molecule has 2 N–H and O–H groups in total. The van der Waals surface area contributed by atoms with Crippen LogP contribution in [0, 0.1) is 17.7 Å². The fourth-order valence-electron chi connectivity index (χ4n) is 3.35. The van der Waals surface area contributed by atoms with Gasteiger partial charge < -0.3 is 10.6 Å². The van der Waals surface area contributed by atoms with Crippen LogP contribution in [-0.4, -0.2) is 28.1 Å². The SMILES string of the molecule is C[C@H]1C[C@@H]1C(=O)NCC(=O)NCc1cn(-c2ccccc2)nc1-c1ccc(F)cc1. The van der Waals surface area contributed by atoms with E-state index in [4.69, 9.17) is 0 Å². The Hall–Kier alpha value is -3.48. The molecule has 1 heterocycles. The van der Waals surface area contributed by atoms with E-state index in [-0.39, 0.29) is 36.6 Å². The third-order valence-corrected chi connectivity index (χ3v) is 5.27. The highest BCUT2D eigenvalue weighted by molar-refractivity contribution is 5.87. The predicted molar refractivity (Wildman–Crippen MR) is 111 cm³/mol. The van der Waals surface area contributed by atoms with Crippen LogP contribution in [-0.2, 0) is 16.1 Å². The van der Waals surface area contributed by atoms with Crippen molar-refractivity contribution in [2.24, 2.45) is 11.8 Å². The predicted octanol–water partition coefficient (Wildman–Crippen LogP) is 3.07.